The zero-order valence-corrected chi connectivity index (χ0v) is 9.21. The highest BCUT2D eigenvalue weighted by molar-refractivity contribution is 5.00. The second-order valence-corrected chi connectivity index (χ2v) is 5.06. The van der Waals surface area contributed by atoms with Gasteiger partial charge >= 0.3 is 0 Å². The van der Waals surface area contributed by atoms with E-state index in [0.717, 1.165) is 6.04 Å². The molecule has 2 rings (SSSR count). The van der Waals surface area contributed by atoms with Crippen LogP contribution >= 0.6 is 0 Å². The van der Waals surface area contributed by atoms with E-state index in [2.05, 4.69) is 30.8 Å². The van der Waals surface area contributed by atoms with Crippen LogP contribution in [0.15, 0.2) is 0 Å². The van der Waals surface area contributed by atoms with Crippen LogP contribution in [0.1, 0.15) is 32.6 Å². The van der Waals surface area contributed by atoms with Crippen LogP contribution in [0, 0.1) is 0 Å². The molecule has 0 aromatic rings. The monoisotopic (exact) mass is 182 g/mol. The van der Waals surface area contributed by atoms with Crippen LogP contribution < -0.4 is 0 Å². The lowest BCUT2D eigenvalue weighted by Crippen LogP contribution is -2.54. The van der Waals surface area contributed by atoms with Crippen molar-refractivity contribution in [2.24, 2.45) is 0 Å². The molecule has 2 atom stereocenters. The summed E-state index contributed by atoms with van der Waals surface area (Å²) in [5.74, 6) is 0. The van der Waals surface area contributed by atoms with Gasteiger partial charge in [-0.1, -0.05) is 6.42 Å². The van der Waals surface area contributed by atoms with Gasteiger partial charge < -0.3 is 4.90 Å². The maximum atomic E-state index is 2.64. The highest BCUT2D eigenvalue weighted by Crippen LogP contribution is 2.37. The van der Waals surface area contributed by atoms with Gasteiger partial charge in [-0.25, -0.2) is 0 Å². The SMILES string of the molecule is CC1CCCC2(CCN(C)C2)N1C. The van der Waals surface area contributed by atoms with Crippen molar-refractivity contribution in [1.82, 2.24) is 9.80 Å². The van der Waals surface area contributed by atoms with Crippen molar-refractivity contribution in [3.8, 4) is 0 Å². The number of hydrogen-bond acceptors (Lipinski definition) is 2. The van der Waals surface area contributed by atoms with Crippen molar-refractivity contribution in [2.45, 2.75) is 44.2 Å². The fourth-order valence-electron chi connectivity index (χ4n) is 3.12. The second kappa shape index (κ2) is 3.25. The van der Waals surface area contributed by atoms with Crippen LogP contribution in [0.2, 0.25) is 0 Å². The highest BCUT2D eigenvalue weighted by Gasteiger charge is 2.43. The summed E-state index contributed by atoms with van der Waals surface area (Å²) in [4.78, 5) is 5.12. The number of rotatable bonds is 0. The average Bonchev–Trinajstić information content (AvgIpc) is 2.45. The van der Waals surface area contributed by atoms with E-state index in [4.69, 9.17) is 0 Å². The standard InChI is InChI=1S/C11H22N2/c1-10-5-4-6-11(13(10)3)7-8-12(2)9-11/h10H,4-9H2,1-3H3. The molecule has 13 heavy (non-hydrogen) atoms. The van der Waals surface area contributed by atoms with E-state index in [1.54, 1.807) is 0 Å². The zero-order chi connectivity index (χ0) is 9.47. The Labute approximate surface area is 81.9 Å². The van der Waals surface area contributed by atoms with Crippen LogP contribution in [0.3, 0.4) is 0 Å². The molecule has 2 heteroatoms. The molecule has 0 N–H and O–H groups in total. The molecule has 2 fully saturated rings. The van der Waals surface area contributed by atoms with Gasteiger partial charge in [-0.15, -0.1) is 0 Å². The molecule has 2 nitrogen and oxygen atoms in total. The summed E-state index contributed by atoms with van der Waals surface area (Å²) in [5.41, 5.74) is 0.534. The molecule has 0 bridgehead atoms. The molecule has 0 aliphatic carbocycles. The normalized spacial score (nSPS) is 43.2. The number of hydrogen-bond donors (Lipinski definition) is 0. The molecule has 0 aromatic carbocycles. The molecule has 2 aliphatic rings. The van der Waals surface area contributed by atoms with Gasteiger partial charge in [0, 0.05) is 18.1 Å². The second-order valence-electron chi connectivity index (χ2n) is 5.06. The van der Waals surface area contributed by atoms with Gasteiger partial charge in [0.15, 0.2) is 0 Å². The molecule has 0 radical (unpaired) electrons. The minimum atomic E-state index is 0.534. The first-order valence-electron chi connectivity index (χ1n) is 5.55. The van der Waals surface area contributed by atoms with E-state index < -0.39 is 0 Å². The van der Waals surface area contributed by atoms with Crippen LogP contribution in [-0.4, -0.2) is 48.6 Å². The fourth-order valence-corrected chi connectivity index (χ4v) is 3.12. The van der Waals surface area contributed by atoms with Gasteiger partial charge in [0.05, 0.1) is 0 Å². The van der Waals surface area contributed by atoms with Crippen LogP contribution in [-0.2, 0) is 0 Å². The van der Waals surface area contributed by atoms with E-state index in [9.17, 15) is 0 Å². The molecule has 2 aliphatic heterocycles. The average molecular weight is 182 g/mol. The van der Waals surface area contributed by atoms with Crippen molar-refractivity contribution in [1.29, 1.82) is 0 Å². The molecule has 2 heterocycles. The predicted molar refractivity (Wildman–Crippen MR) is 55.9 cm³/mol. The summed E-state index contributed by atoms with van der Waals surface area (Å²) >= 11 is 0. The maximum Gasteiger partial charge on any atom is 0.0348 e. The Hall–Kier alpha value is -0.0800. The predicted octanol–water partition coefficient (Wildman–Crippen LogP) is 1.56. The minimum absolute atomic E-state index is 0.534. The summed E-state index contributed by atoms with van der Waals surface area (Å²) in [5, 5.41) is 0. The molecule has 2 unspecified atom stereocenters. The minimum Gasteiger partial charge on any atom is -0.304 e. The number of likely N-dealkylation sites (tertiary alicyclic amines) is 2. The summed E-state index contributed by atoms with van der Waals surface area (Å²) in [7, 11) is 4.57. The molecule has 0 amide bonds. The third kappa shape index (κ3) is 1.50. The summed E-state index contributed by atoms with van der Waals surface area (Å²) < 4.78 is 0. The van der Waals surface area contributed by atoms with Crippen LogP contribution in [0.4, 0.5) is 0 Å². The molecule has 2 saturated heterocycles. The van der Waals surface area contributed by atoms with Crippen molar-refractivity contribution in [3.63, 3.8) is 0 Å². The number of nitrogens with zero attached hydrogens (tertiary/aromatic N) is 2. The van der Waals surface area contributed by atoms with E-state index in [1.807, 2.05) is 0 Å². The smallest absolute Gasteiger partial charge is 0.0348 e. The van der Waals surface area contributed by atoms with E-state index in [1.165, 1.54) is 38.8 Å². The lowest BCUT2D eigenvalue weighted by molar-refractivity contribution is 0.0392. The molecule has 0 aromatic heterocycles. The van der Waals surface area contributed by atoms with E-state index in [-0.39, 0.29) is 0 Å². The maximum absolute atomic E-state index is 2.64. The van der Waals surface area contributed by atoms with Crippen molar-refractivity contribution in [3.05, 3.63) is 0 Å². The van der Waals surface area contributed by atoms with E-state index in [0.29, 0.717) is 5.54 Å². The summed E-state index contributed by atoms with van der Waals surface area (Å²) in [6.45, 7) is 4.95. The molecule has 76 valence electrons. The third-order valence-electron chi connectivity index (χ3n) is 4.20. The van der Waals surface area contributed by atoms with Gasteiger partial charge in [0.2, 0.25) is 0 Å². The molecular formula is C11H22N2. The Morgan fingerprint density at radius 1 is 1.23 bits per heavy atom. The largest absolute Gasteiger partial charge is 0.304 e. The first kappa shape index (κ1) is 9.47. The number of likely N-dealkylation sites (N-methyl/N-ethyl adjacent to an activating group) is 2. The molecular weight excluding hydrogens is 160 g/mol. The summed E-state index contributed by atoms with van der Waals surface area (Å²) in [6, 6.07) is 0.792. The van der Waals surface area contributed by atoms with E-state index >= 15 is 0 Å². The quantitative estimate of drug-likeness (QED) is 0.561. The Bertz CT molecular complexity index is 189. The zero-order valence-electron chi connectivity index (χ0n) is 9.21. The van der Waals surface area contributed by atoms with Crippen molar-refractivity contribution >= 4 is 0 Å². The van der Waals surface area contributed by atoms with Crippen LogP contribution in [0.5, 0.6) is 0 Å². The number of piperidine rings is 1. The topological polar surface area (TPSA) is 6.48 Å². The first-order chi connectivity index (χ1) is 6.14. The fraction of sp³-hybridized carbons (Fsp3) is 1.00. The molecule has 1 spiro atoms. The highest BCUT2D eigenvalue weighted by atomic mass is 15.3. The lowest BCUT2D eigenvalue weighted by Gasteiger charge is -2.46. The van der Waals surface area contributed by atoms with Crippen molar-refractivity contribution in [2.75, 3.05) is 27.2 Å². The van der Waals surface area contributed by atoms with Crippen LogP contribution in [0.25, 0.3) is 0 Å². The van der Waals surface area contributed by atoms with Gasteiger partial charge in [0.1, 0.15) is 0 Å². The van der Waals surface area contributed by atoms with Gasteiger partial charge in [-0.3, -0.25) is 4.90 Å². The molecule has 0 saturated carbocycles. The van der Waals surface area contributed by atoms with Gasteiger partial charge in [0.25, 0.3) is 0 Å². The Kier molecular flexibility index (Phi) is 2.37. The van der Waals surface area contributed by atoms with Gasteiger partial charge in [-0.05, 0) is 46.8 Å². The van der Waals surface area contributed by atoms with Gasteiger partial charge in [-0.2, -0.15) is 0 Å². The first-order valence-corrected chi connectivity index (χ1v) is 5.55. The Morgan fingerprint density at radius 2 is 2.00 bits per heavy atom. The van der Waals surface area contributed by atoms with Crippen molar-refractivity contribution < 1.29 is 0 Å². The Balaban J connectivity index is 2.12. The Morgan fingerprint density at radius 3 is 2.62 bits per heavy atom. The third-order valence-corrected chi connectivity index (χ3v) is 4.20. The lowest BCUT2D eigenvalue weighted by atomic mass is 9.83. The summed E-state index contributed by atoms with van der Waals surface area (Å²) in [6.07, 6.45) is 5.61.